The minimum absolute atomic E-state index is 0.0397. The SMILES string of the molecule is CC(=O)O[C@H]1[C@H](n2cc(I)c(=O)[nH]c2=O)O[C@H](COC(=O)c2ccccc2)[C@@]1(C#N)OS(C)(=O)=O. The monoisotopic (exact) mass is 619 g/mol. The number of ether oxygens (including phenoxy) is 3. The highest BCUT2D eigenvalue weighted by Crippen LogP contribution is 2.42. The van der Waals surface area contributed by atoms with E-state index < -0.39 is 63.9 Å². The molecule has 0 spiro atoms. The molecule has 0 unspecified atom stereocenters. The van der Waals surface area contributed by atoms with E-state index in [9.17, 15) is 32.9 Å². The Labute approximate surface area is 211 Å². The normalized spacial score (nSPS) is 23.9. The van der Waals surface area contributed by atoms with Gasteiger partial charge < -0.3 is 14.2 Å². The summed E-state index contributed by atoms with van der Waals surface area (Å²) >= 11 is 1.63. The molecule has 0 amide bonds. The van der Waals surface area contributed by atoms with Gasteiger partial charge in [-0.1, -0.05) is 18.2 Å². The van der Waals surface area contributed by atoms with E-state index in [0.29, 0.717) is 6.26 Å². The first-order valence-corrected chi connectivity index (χ1v) is 12.6. The third-order valence-corrected chi connectivity index (χ3v) is 6.14. The Bertz CT molecular complexity index is 1400. The van der Waals surface area contributed by atoms with Crippen LogP contribution < -0.4 is 11.2 Å². The van der Waals surface area contributed by atoms with E-state index >= 15 is 0 Å². The van der Waals surface area contributed by atoms with Gasteiger partial charge in [-0.2, -0.15) is 13.7 Å². The molecule has 13 nitrogen and oxygen atoms in total. The summed E-state index contributed by atoms with van der Waals surface area (Å²) in [5, 5.41) is 10.1. The number of aromatic amines is 1. The van der Waals surface area contributed by atoms with Gasteiger partial charge in [0.2, 0.25) is 5.60 Å². The number of nitrogens with one attached hydrogen (secondary N) is 1. The molecule has 1 saturated heterocycles. The maximum atomic E-state index is 12.5. The molecule has 0 saturated carbocycles. The molecule has 2 aromatic rings. The number of H-pyrrole nitrogens is 1. The molecule has 0 bridgehead atoms. The summed E-state index contributed by atoms with van der Waals surface area (Å²) in [5.74, 6) is -1.77. The van der Waals surface area contributed by atoms with E-state index in [1.54, 1.807) is 46.9 Å². The van der Waals surface area contributed by atoms with Crippen LogP contribution in [0.1, 0.15) is 23.5 Å². The predicted molar refractivity (Wildman–Crippen MR) is 125 cm³/mol. The fourth-order valence-electron chi connectivity index (χ4n) is 3.40. The number of nitriles is 1. The van der Waals surface area contributed by atoms with Crippen LogP contribution in [0.15, 0.2) is 46.1 Å². The molecule has 15 heteroatoms. The number of hydrogen-bond donors (Lipinski definition) is 1. The number of nitrogens with zero attached hydrogens (tertiary/aromatic N) is 2. The molecular formula is C20H18IN3O10S. The van der Waals surface area contributed by atoms with Gasteiger partial charge in [-0.15, -0.1) is 0 Å². The largest absolute Gasteiger partial charge is 0.459 e. The topological polar surface area (TPSA) is 184 Å². The lowest BCUT2D eigenvalue weighted by molar-refractivity contribution is -0.158. The first-order chi connectivity index (χ1) is 16.4. The molecule has 0 aliphatic carbocycles. The van der Waals surface area contributed by atoms with Crippen LogP contribution in [0.3, 0.4) is 0 Å². The lowest BCUT2D eigenvalue weighted by atomic mass is 9.93. The summed E-state index contributed by atoms with van der Waals surface area (Å²) in [7, 11) is -4.38. The van der Waals surface area contributed by atoms with Crippen LogP contribution >= 0.6 is 22.6 Å². The molecule has 1 aliphatic heterocycles. The molecular weight excluding hydrogens is 601 g/mol. The molecule has 1 fully saturated rings. The average Bonchev–Trinajstić information content (AvgIpc) is 3.06. The van der Waals surface area contributed by atoms with Gasteiger partial charge in [0, 0.05) is 13.1 Å². The maximum Gasteiger partial charge on any atom is 0.338 e. The van der Waals surface area contributed by atoms with Crippen LogP contribution in [0.25, 0.3) is 0 Å². The summed E-state index contributed by atoms with van der Waals surface area (Å²) in [6.45, 7) is 0.280. The lowest BCUT2D eigenvalue weighted by Crippen LogP contribution is -2.53. The fourth-order valence-corrected chi connectivity index (χ4v) is 4.57. The van der Waals surface area contributed by atoms with Crippen molar-refractivity contribution in [2.45, 2.75) is 31.0 Å². The van der Waals surface area contributed by atoms with Crippen LogP contribution in [0.2, 0.25) is 0 Å². The number of esters is 2. The molecule has 1 N–H and O–H groups in total. The van der Waals surface area contributed by atoms with E-state index in [1.165, 1.54) is 12.1 Å². The summed E-state index contributed by atoms with van der Waals surface area (Å²) in [6, 6.07) is 9.45. The zero-order chi connectivity index (χ0) is 26.0. The second-order valence-electron chi connectivity index (χ2n) is 7.35. The van der Waals surface area contributed by atoms with Crippen molar-refractivity contribution in [3.63, 3.8) is 0 Å². The van der Waals surface area contributed by atoms with Crippen LogP contribution in [-0.2, 0) is 33.3 Å². The Morgan fingerprint density at radius 3 is 2.51 bits per heavy atom. The second kappa shape index (κ2) is 10.3. The van der Waals surface area contributed by atoms with Gasteiger partial charge in [0.05, 0.1) is 15.4 Å². The van der Waals surface area contributed by atoms with Crippen LogP contribution in [-0.4, -0.2) is 60.6 Å². The van der Waals surface area contributed by atoms with Crippen molar-refractivity contribution in [2.24, 2.45) is 0 Å². The van der Waals surface area contributed by atoms with E-state index in [-0.39, 0.29) is 9.13 Å². The van der Waals surface area contributed by atoms with E-state index in [1.807, 2.05) is 4.98 Å². The maximum absolute atomic E-state index is 12.5. The number of aromatic nitrogens is 2. The molecule has 2 heterocycles. The Balaban J connectivity index is 2.09. The molecule has 186 valence electrons. The van der Waals surface area contributed by atoms with Crippen molar-refractivity contribution in [2.75, 3.05) is 12.9 Å². The van der Waals surface area contributed by atoms with Gasteiger partial charge in [-0.25, -0.2) is 13.8 Å². The molecule has 35 heavy (non-hydrogen) atoms. The van der Waals surface area contributed by atoms with E-state index in [2.05, 4.69) is 0 Å². The smallest absolute Gasteiger partial charge is 0.338 e. The van der Waals surface area contributed by atoms with Crippen LogP contribution in [0.4, 0.5) is 0 Å². The highest BCUT2D eigenvalue weighted by molar-refractivity contribution is 14.1. The Morgan fingerprint density at radius 1 is 1.29 bits per heavy atom. The highest BCUT2D eigenvalue weighted by atomic mass is 127. The van der Waals surface area contributed by atoms with Gasteiger partial charge in [0.25, 0.3) is 15.7 Å². The summed E-state index contributed by atoms with van der Waals surface area (Å²) in [4.78, 5) is 50.7. The van der Waals surface area contributed by atoms with E-state index in [4.69, 9.17) is 18.4 Å². The minimum atomic E-state index is -4.38. The fraction of sp³-hybridized carbons (Fsp3) is 0.350. The third kappa shape index (κ3) is 5.78. The van der Waals surface area contributed by atoms with Gasteiger partial charge in [0.15, 0.2) is 12.3 Å². The molecule has 1 aliphatic rings. The second-order valence-corrected chi connectivity index (χ2v) is 10.1. The number of rotatable bonds is 7. The Kier molecular flexibility index (Phi) is 7.79. The molecule has 1 aromatic carbocycles. The van der Waals surface area contributed by atoms with Crippen LogP contribution in [0, 0.1) is 14.9 Å². The minimum Gasteiger partial charge on any atom is -0.459 e. The predicted octanol–water partition coefficient (Wildman–Crippen LogP) is 0.0659. The number of carbonyl (C=O) groups excluding carboxylic acids is 2. The van der Waals surface area contributed by atoms with Crippen molar-refractivity contribution >= 4 is 44.6 Å². The van der Waals surface area contributed by atoms with Gasteiger partial charge in [0.1, 0.15) is 18.8 Å². The zero-order valence-corrected chi connectivity index (χ0v) is 21.1. The summed E-state index contributed by atoms with van der Waals surface area (Å²) in [5.41, 5.74) is -4.09. The molecule has 4 atom stereocenters. The molecule has 0 radical (unpaired) electrons. The van der Waals surface area contributed by atoms with Crippen LogP contribution in [0.5, 0.6) is 0 Å². The first-order valence-electron chi connectivity index (χ1n) is 9.75. The van der Waals surface area contributed by atoms with Crippen molar-refractivity contribution < 1.29 is 36.4 Å². The summed E-state index contributed by atoms with van der Waals surface area (Å²) < 4.78 is 46.3. The number of carbonyl (C=O) groups is 2. The van der Waals surface area contributed by atoms with Crippen molar-refractivity contribution in [1.29, 1.82) is 5.26 Å². The summed E-state index contributed by atoms with van der Waals surface area (Å²) in [6.07, 6.45) is -3.35. The lowest BCUT2D eigenvalue weighted by Gasteiger charge is -2.30. The van der Waals surface area contributed by atoms with Gasteiger partial charge in [-0.3, -0.25) is 19.1 Å². The van der Waals surface area contributed by atoms with Crippen molar-refractivity contribution in [3.8, 4) is 6.07 Å². The number of benzene rings is 1. The zero-order valence-electron chi connectivity index (χ0n) is 18.2. The molecule has 3 rings (SSSR count). The Morgan fingerprint density at radius 2 is 1.94 bits per heavy atom. The third-order valence-electron chi connectivity index (χ3n) is 4.79. The van der Waals surface area contributed by atoms with Crippen molar-refractivity contribution in [3.05, 3.63) is 66.5 Å². The first kappa shape index (κ1) is 26.5. The quantitative estimate of drug-likeness (QED) is 0.251. The number of hydrogen-bond acceptors (Lipinski definition) is 11. The van der Waals surface area contributed by atoms with Gasteiger partial charge >= 0.3 is 17.6 Å². The molecule has 1 aromatic heterocycles. The van der Waals surface area contributed by atoms with E-state index in [0.717, 1.165) is 17.7 Å². The van der Waals surface area contributed by atoms with Crippen molar-refractivity contribution in [1.82, 2.24) is 9.55 Å². The Hall–Kier alpha value is -3.07. The highest BCUT2D eigenvalue weighted by Gasteiger charge is 2.64. The van der Waals surface area contributed by atoms with Gasteiger partial charge in [-0.05, 0) is 34.7 Å². The standard InChI is InChI=1S/C20H18IN3O10S/c1-11(25)32-15-17(24-8-13(21)16(26)23-19(24)28)33-14(20(15,10-22)34-35(2,29)30)9-31-18(27)12-6-4-3-5-7-12/h3-8,14-15,17H,9H2,1-2H3,(H,23,26,28)/t14-,15+,17-,20-/m1/s1. The number of halogens is 1. The average molecular weight is 619 g/mol.